The summed E-state index contributed by atoms with van der Waals surface area (Å²) in [5.74, 6) is -0.456. The minimum absolute atomic E-state index is 0.0594. The van der Waals surface area contributed by atoms with Gasteiger partial charge in [0.1, 0.15) is 6.61 Å². The number of nitrogens with zero attached hydrogens (tertiary/aromatic N) is 1. The highest BCUT2D eigenvalue weighted by molar-refractivity contribution is 8.01. The van der Waals surface area contributed by atoms with Crippen molar-refractivity contribution < 1.29 is 19.1 Å². The predicted octanol–water partition coefficient (Wildman–Crippen LogP) is 6.21. The van der Waals surface area contributed by atoms with Crippen LogP contribution in [0.1, 0.15) is 23.1 Å². The standard InChI is InChI=1S/C31H31NO4S/c1-3-21-36-30(34)32-23-28(22-27(32)19-20-29(33)35-2)37-31(24-13-7-4-8-14-24,25-15-9-5-10-16-25)26-17-11-6-12-18-26/h3-20,27-28H,1,21-23H2,2H3/t27-,28+/m1/s1. The monoisotopic (exact) mass is 513 g/mol. The lowest BCUT2D eigenvalue weighted by Gasteiger charge is -2.37. The van der Waals surface area contributed by atoms with Gasteiger partial charge in [0.15, 0.2) is 0 Å². The van der Waals surface area contributed by atoms with Crippen molar-refractivity contribution in [2.45, 2.75) is 22.5 Å². The summed E-state index contributed by atoms with van der Waals surface area (Å²) < 4.78 is 9.65. The van der Waals surface area contributed by atoms with Crippen LogP contribution in [0.25, 0.3) is 0 Å². The van der Waals surface area contributed by atoms with E-state index in [9.17, 15) is 9.59 Å². The van der Waals surface area contributed by atoms with E-state index in [0.29, 0.717) is 13.0 Å². The third kappa shape index (κ3) is 5.97. The Balaban J connectivity index is 1.76. The van der Waals surface area contributed by atoms with Gasteiger partial charge in [-0.1, -0.05) is 110 Å². The van der Waals surface area contributed by atoms with Crippen molar-refractivity contribution in [2.24, 2.45) is 0 Å². The number of hydrogen-bond donors (Lipinski definition) is 0. The van der Waals surface area contributed by atoms with Crippen molar-refractivity contribution in [3.63, 3.8) is 0 Å². The molecular weight excluding hydrogens is 482 g/mol. The first-order chi connectivity index (χ1) is 18.1. The molecule has 1 fully saturated rings. The number of thioether (sulfide) groups is 1. The molecule has 1 heterocycles. The Morgan fingerprint density at radius 3 is 1.92 bits per heavy atom. The molecule has 0 aromatic heterocycles. The van der Waals surface area contributed by atoms with Gasteiger partial charge in [-0.3, -0.25) is 0 Å². The molecule has 1 saturated heterocycles. The molecular formula is C31H31NO4S. The van der Waals surface area contributed by atoms with Crippen LogP contribution in [-0.2, 0) is 19.0 Å². The van der Waals surface area contributed by atoms with Crippen LogP contribution in [-0.4, -0.2) is 48.5 Å². The number of carbonyl (C=O) groups excluding carboxylic acids is 2. The summed E-state index contributed by atoms with van der Waals surface area (Å²) in [5.41, 5.74) is 3.48. The van der Waals surface area contributed by atoms with Crippen molar-refractivity contribution in [1.82, 2.24) is 4.90 Å². The van der Waals surface area contributed by atoms with Crippen molar-refractivity contribution in [1.29, 1.82) is 0 Å². The van der Waals surface area contributed by atoms with Crippen LogP contribution in [0.2, 0.25) is 0 Å². The average Bonchev–Trinajstić information content (AvgIpc) is 3.37. The minimum atomic E-state index is -0.508. The van der Waals surface area contributed by atoms with Gasteiger partial charge in [-0.15, -0.1) is 11.8 Å². The second-order valence-electron chi connectivity index (χ2n) is 8.72. The van der Waals surface area contributed by atoms with Gasteiger partial charge in [-0.05, 0) is 23.1 Å². The molecule has 2 atom stereocenters. The summed E-state index contributed by atoms with van der Waals surface area (Å²) in [5, 5.41) is 0.0594. The molecule has 3 aromatic carbocycles. The molecule has 0 aliphatic carbocycles. The molecule has 5 nitrogen and oxygen atoms in total. The van der Waals surface area contributed by atoms with Gasteiger partial charge in [0.2, 0.25) is 0 Å². The van der Waals surface area contributed by atoms with Crippen LogP contribution in [0.5, 0.6) is 0 Å². The largest absolute Gasteiger partial charge is 0.466 e. The van der Waals surface area contributed by atoms with Crippen LogP contribution in [0, 0.1) is 0 Å². The quantitative estimate of drug-likeness (QED) is 0.147. The predicted molar refractivity (Wildman–Crippen MR) is 148 cm³/mol. The highest BCUT2D eigenvalue weighted by Crippen LogP contribution is 2.52. The van der Waals surface area contributed by atoms with E-state index in [0.717, 1.165) is 16.7 Å². The molecule has 0 bridgehead atoms. The third-order valence-electron chi connectivity index (χ3n) is 6.40. The van der Waals surface area contributed by atoms with Gasteiger partial charge in [-0.25, -0.2) is 9.59 Å². The molecule has 6 heteroatoms. The van der Waals surface area contributed by atoms with Crippen molar-refractivity contribution >= 4 is 23.8 Å². The third-order valence-corrected chi connectivity index (χ3v) is 8.14. The van der Waals surface area contributed by atoms with Gasteiger partial charge in [0.25, 0.3) is 0 Å². The molecule has 37 heavy (non-hydrogen) atoms. The molecule has 4 rings (SSSR count). The molecule has 0 saturated carbocycles. The normalized spacial score (nSPS) is 17.5. The molecule has 3 aromatic rings. The first-order valence-corrected chi connectivity index (χ1v) is 13.1. The van der Waals surface area contributed by atoms with Gasteiger partial charge in [-0.2, -0.15) is 0 Å². The summed E-state index contributed by atoms with van der Waals surface area (Å²) in [6.45, 7) is 4.24. The Morgan fingerprint density at radius 1 is 0.946 bits per heavy atom. The van der Waals surface area contributed by atoms with Gasteiger partial charge in [0.05, 0.1) is 17.9 Å². The van der Waals surface area contributed by atoms with E-state index in [2.05, 4.69) is 79.4 Å². The molecule has 1 aliphatic rings. The Kier molecular flexibility index (Phi) is 8.86. The Hall–Kier alpha value is -3.77. The zero-order valence-electron chi connectivity index (χ0n) is 20.9. The topological polar surface area (TPSA) is 55.8 Å². The second-order valence-corrected chi connectivity index (χ2v) is 10.2. The Morgan fingerprint density at radius 2 is 1.46 bits per heavy atom. The Labute approximate surface area is 222 Å². The number of ether oxygens (including phenoxy) is 2. The fraction of sp³-hybridized carbons (Fsp3) is 0.226. The van der Waals surface area contributed by atoms with Crippen molar-refractivity contribution in [2.75, 3.05) is 20.3 Å². The Bertz CT molecular complexity index is 1120. The maximum Gasteiger partial charge on any atom is 0.410 e. The highest BCUT2D eigenvalue weighted by Gasteiger charge is 2.44. The molecule has 190 valence electrons. The average molecular weight is 514 g/mol. The lowest BCUT2D eigenvalue weighted by molar-refractivity contribution is -0.134. The van der Waals surface area contributed by atoms with E-state index in [1.165, 1.54) is 13.2 Å². The number of methoxy groups -OCH3 is 1. The van der Waals surface area contributed by atoms with E-state index < -0.39 is 16.8 Å². The van der Waals surface area contributed by atoms with E-state index in [4.69, 9.17) is 9.47 Å². The number of likely N-dealkylation sites (tertiary alicyclic amines) is 1. The van der Waals surface area contributed by atoms with E-state index in [1.54, 1.807) is 17.1 Å². The second kappa shape index (κ2) is 12.5. The number of rotatable bonds is 9. The molecule has 1 amide bonds. The van der Waals surface area contributed by atoms with Crippen LogP contribution >= 0.6 is 11.8 Å². The van der Waals surface area contributed by atoms with Crippen LogP contribution in [0.15, 0.2) is 116 Å². The van der Waals surface area contributed by atoms with Gasteiger partial charge < -0.3 is 14.4 Å². The van der Waals surface area contributed by atoms with E-state index >= 15 is 0 Å². The number of amides is 1. The fourth-order valence-electron chi connectivity index (χ4n) is 4.75. The summed E-state index contributed by atoms with van der Waals surface area (Å²) in [6.07, 6.45) is 4.90. The smallest absolute Gasteiger partial charge is 0.410 e. The summed E-state index contributed by atoms with van der Waals surface area (Å²) in [4.78, 5) is 26.5. The zero-order valence-corrected chi connectivity index (χ0v) is 21.7. The molecule has 0 unspecified atom stereocenters. The summed E-state index contributed by atoms with van der Waals surface area (Å²) in [7, 11) is 1.34. The molecule has 0 radical (unpaired) electrons. The fourth-order valence-corrected chi connectivity index (χ4v) is 6.59. The van der Waals surface area contributed by atoms with Crippen LogP contribution in [0.3, 0.4) is 0 Å². The minimum Gasteiger partial charge on any atom is -0.466 e. The van der Waals surface area contributed by atoms with Crippen LogP contribution in [0.4, 0.5) is 4.79 Å². The van der Waals surface area contributed by atoms with Crippen molar-refractivity contribution in [3.8, 4) is 0 Å². The van der Waals surface area contributed by atoms with Crippen molar-refractivity contribution in [3.05, 3.63) is 132 Å². The number of hydrogen-bond acceptors (Lipinski definition) is 5. The summed E-state index contributed by atoms with van der Waals surface area (Å²) >= 11 is 1.83. The molecule has 1 aliphatic heterocycles. The van der Waals surface area contributed by atoms with E-state index in [1.807, 2.05) is 30.0 Å². The lowest BCUT2D eigenvalue weighted by atomic mass is 9.84. The maximum absolute atomic E-state index is 12.9. The summed E-state index contributed by atoms with van der Waals surface area (Å²) in [6, 6.07) is 31.1. The lowest BCUT2D eigenvalue weighted by Crippen LogP contribution is -2.36. The zero-order chi connectivity index (χ0) is 26.1. The number of carbonyl (C=O) groups is 2. The number of benzene rings is 3. The highest BCUT2D eigenvalue weighted by atomic mass is 32.2. The first-order valence-electron chi connectivity index (χ1n) is 12.2. The maximum atomic E-state index is 12.9. The number of esters is 1. The van der Waals surface area contributed by atoms with Gasteiger partial charge >= 0.3 is 12.1 Å². The SMILES string of the molecule is C=CCOC(=O)N1C[C@@H](SC(c2ccccc2)(c2ccccc2)c2ccccc2)C[C@H]1C=CC(=O)OC. The van der Waals surface area contributed by atoms with E-state index in [-0.39, 0.29) is 17.9 Å². The van der Waals surface area contributed by atoms with Gasteiger partial charge in [0, 0.05) is 17.9 Å². The molecule has 0 spiro atoms. The molecule has 0 N–H and O–H groups in total. The first kappa shape index (κ1) is 26.3. The van der Waals surface area contributed by atoms with Crippen LogP contribution < -0.4 is 0 Å².